The lowest BCUT2D eigenvalue weighted by Crippen LogP contribution is -2.39. The number of aliphatic carboxylic acids is 1. The molecule has 5 nitrogen and oxygen atoms in total. The lowest BCUT2D eigenvalue weighted by Gasteiger charge is -2.11. The normalized spacial score (nSPS) is 16.9. The van der Waals surface area contributed by atoms with Gasteiger partial charge in [0.25, 0.3) is 0 Å². The van der Waals surface area contributed by atoms with E-state index < -0.39 is 5.97 Å². The van der Waals surface area contributed by atoms with Crippen molar-refractivity contribution in [2.24, 2.45) is 11.8 Å². The maximum atomic E-state index is 11.2. The van der Waals surface area contributed by atoms with Crippen molar-refractivity contribution in [3.63, 3.8) is 0 Å². The van der Waals surface area contributed by atoms with E-state index in [1.165, 1.54) is 12.8 Å². The van der Waals surface area contributed by atoms with Crippen molar-refractivity contribution in [1.29, 1.82) is 0 Å². The number of amides is 2. The summed E-state index contributed by atoms with van der Waals surface area (Å²) >= 11 is 0. The number of carbonyl (C=O) groups excluding carboxylic acids is 1. The molecule has 0 radical (unpaired) electrons. The van der Waals surface area contributed by atoms with Gasteiger partial charge in [0.05, 0.1) is 6.42 Å². The molecule has 0 aromatic carbocycles. The van der Waals surface area contributed by atoms with Crippen LogP contribution in [-0.4, -0.2) is 30.2 Å². The fourth-order valence-corrected chi connectivity index (χ4v) is 1.43. The topological polar surface area (TPSA) is 78.4 Å². The number of carboxylic acid groups (broad SMARTS) is 1. The number of rotatable bonds is 6. The van der Waals surface area contributed by atoms with Gasteiger partial charge in [-0.2, -0.15) is 0 Å². The number of carbonyl (C=O) groups is 2. The molecule has 0 spiro atoms. The Bertz CT molecular complexity index is 239. The maximum absolute atomic E-state index is 11.2. The highest BCUT2D eigenvalue weighted by molar-refractivity contribution is 5.74. The van der Waals surface area contributed by atoms with Crippen LogP contribution in [0.15, 0.2) is 0 Å². The summed E-state index contributed by atoms with van der Waals surface area (Å²) in [5, 5.41) is 13.6. The van der Waals surface area contributed by atoms with E-state index in [1.807, 2.05) is 0 Å². The van der Waals surface area contributed by atoms with Gasteiger partial charge in [-0.25, -0.2) is 4.79 Å². The first-order chi connectivity index (χ1) is 7.09. The molecule has 86 valence electrons. The number of hydrogen-bond acceptors (Lipinski definition) is 2. The Kier molecular flexibility index (Phi) is 4.39. The average molecular weight is 214 g/mol. The Morgan fingerprint density at radius 2 is 2.07 bits per heavy atom. The first-order valence-electron chi connectivity index (χ1n) is 5.33. The summed E-state index contributed by atoms with van der Waals surface area (Å²) in [6, 6.07) is -0.274. The van der Waals surface area contributed by atoms with Gasteiger partial charge in [0.1, 0.15) is 0 Å². The van der Waals surface area contributed by atoms with Gasteiger partial charge in [0.15, 0.2) is 0 Å². The molecule has 0 aliphatic heterocycles. The van der Waals surface area contributed by atoms with Gasteiger partial charge in [0.2, 0.25) is 0 Å². The van der Waals surface area contributed by atoms with Gasteiger partial charge in [-0.05, 0) is 24.7 Å². The maximum Gasteiger partial charge on any atom is 0.314 e. The summed E-state index contributed by atoms with van der Waals surface area (Å²) in [4.78, 5) is 21.3. The lowest BCUT2D eigenvalue weighted by molar-refractivity contribution is -0.136. The Hall–Kier alpha value is -1.26. The third-order valence-corrected chi connectivity index (χ3v) is 2.64. The predicted molar refractivity (Wildman–Crippen MR) is 55.5 cm³/mol. The van der Waals surface area contributed by atoms with Gasteiger partial charge in [-0.3, -0.25) is 4.79 Å². The highest BCUT2D eigenvalue weighted by Gasteiger charge is 2.27. The fourth-order valence-electron chi connectivity index (χ4n) is 1.43. The smallest absolute Gasteiger partial charge is 0.314 e. The Morgan fingerprint density at radius 3 is 2.60 bits per heavy atom. The van der Waals surface area contributed by atoms with Crippen molar-refractivity contribution >= 4 is 12.0 Å². The second-order valence-electron chi connectivity index (χ2n) is 4.10. The predicted octanol–water partition coefficient (Wildman–Crippen LogP) is 0.806. The molecule has 15 heavy (non-hydrogen) atoms. The van der Waals surface area contributed by atoms with Crippen LogP contribution in [0.5, 0.6) is 0 Å². The van der Waals surface area contributed by atoms with E-state index in [1.54, 1.807) is 0 Å². The number of nitrogens with one attached hydrogen (secondary N) is 2. The molecule has 0 aromatic heterocycles. The summed E-state index contributed by atoms with van der Waals surface area (Å²) < 4.78 is 0. The van der Waals surface area contributed by atoms with Gasteiger partial charge in [-0.1, -0.05) is 6.92 Å². The van der Waals surface area contributed by atoms with Crippen LogP contribution in [0.2, 0.25) is 0 Å². The minimum atomic E-state index is -0.901. The second kappa shape index (κ2) is 5.58. The van der Waals surface area contributed by atoms with Gasteiger partial charge in [0, 0.05) is 13.1 Å². The molecular formula is C10H18N2O3. The zero-order valence-corrected chi connectivity index (χ0v) is 8.95. The molecule has 1 rings (SSSR count). The first-order valence-corrected chi connectivity index (χ1v) is 5.33. The Balaban J connectivity index is 2.00. The average Bonchev–Trinajstić information content (AvgIpc) is 2.96. The molecule has 1 aliphatic carbocycles. The van der Waals surface area contributed by atoms with E-state index in [-0.39, 0.29) is 19.0 Å². The van der Waals surface area contributed by atoms with E-state index in [9.17, 15) is 9.59 Å². The van der Waals surface area contributed by atoms with Crippen LogP contribution in [0.3, 0.4) is 0 Å². The number of urea groups is 1. The van der Waals surface area contributed by atoms with Crippen LogP contribution in [-0.2, 0) is 4.79 Å². The molecule has 2 amide bonds. The van der Waals surface area contributed by atoms with Crippen molar-refractivity contribution < 1.29 is 14.7 Å². The highest BCUT2D eigenvalue weighted by Crippen LogP contribution is 2.35. The van der Waals surface area contributed by atoms with Crippen molar-refractivity contribution in [2.45, 2.75) is 26.2 Å². The molecule has 5 heteroatoms. The number of hydrogen-bond donors (Lipinski definition) is 3. The third kappa shape index (κ3) is 5.24. The van der Waals surface area contributed by atoms with Gasteiger partial charge < -0.3 is 15.7 Å². The molecule has 0 aromatic rings. The third-order valence-electron chi connectivity index (χ3n) is 2.64. The second-order valence-corrected chi connectivity index (χ2v) is 4.10. The minimum Gasteiger partial charge on any atom is -0.481 e. The fraction of sp³-hybridized carbons (Fsp3) is 0.800. The zero-order chi connectivity index (χ0) is 11.3. The lowest BCUT2D eigenvalue weighted by atomic mass is 10.1. The summed E-state index contributed by atoms with van der Waals surface area (Å²) in [6.07, 6.45) is 2.50. The van der Waals surface area contributed by atoms with E-state index in [2.05, 4.69) is 17.6 Å². The van der Waals surface area contributed by atoms with Crippen molar-refractivity contribution in [3.8, 4) is 0 Å². The highest BCUT2D eigenvalue weighted by atomic mass is 16.4. The van der Waals surface area contributed by atoms with E-state index in [0.29, 0.717) is 12.5 Å². The summed E-state index contributed by atoms with van der Waals surface area (Å²) in [5.41, 5.74) is 0. The van der Waals surface area contributed by atoms with Gasteiger partial charge >= 0.3 is 12.0 Å². The SMILES string of the molecule is CC(CNC(=O)NCCC(=O)O)C1CC1. The van der Waals surface area contributed by atoms with Crippen LogP contribution >= 0.6 is 0 Å². The van der Waals surface area contributed by atoms with Gasteiger partial charge in [-0.15, -0.1) is 0 Å². The first kappa shape index (κ1) is 11.8. The van der Waals surface area contributed by atoms with E-state index in [0.717, 1.165) is 5.92 Å². The quantitative estimate of drug-likeness (QED) is 0.612. The Morgan fingerprint density at radius 1 is 1.40 bits per heavy atom. The standard InChI is InChI=1S/C10H18N2O3/c1-7(8-2-3-8)6-12-10(15)11-5-4-9(13)14/h7-8H,2-6H2,1H3,(H,13,14)(H2,11,12,15). The molecular weight excluding hydrogens is 196 g/mol. The van der Waals surface area contributed by atoms with Crippen LogP contribution in [0, 0.1) is 11.8 Å². The van der Waals surface area contributed by atoms with Crippen LogP contribution in [0.4, 0.5) is 4.79 Å². The van der Waals surface area contributed by atoms with Crippen LogP contribution in [0.1, 0.15) is 26.2 Å². The van der Waals surface area contributed by atoms with E-state index in [4.69, 9.17) is 5.11 Å². The molecule has 1 atom stereocenters. The summed E-state index contributed by atoms with van der Waals surface area (Å²) in [6.45, 7) is 2.97. The number of carboxylic acids is 1. The van der Waals surface area contributed by atoms with E-state index >= 15 is 0 Å². The molecule has 1 saturated carbocycles. The van der Waals surface area contributed by atoms with Crippen LogP contribution in [0.25, 0.3) is 0 Å². The Labute approximate surface area is 89.2 Å². The molecule has 1 aliphatic rings. The minimum absolute atomic E-state index is 0.0361. The summed E-state index contributed by atoms with van der Waals surface area (Å²) in [7, 11) is 0. The largest absolute Gasteiger partial charge is 0.481 e. The van der Waals surface area contributed by atoms with Crippen molar-refractivity contribution in [1.82, 2.24) is 10.6 Å². The molecule has 1 unspecified atom stereocenters. The zero-order valence-electron chi connectivity index (χ0n) is 8.95. The molecule has 0 saturated heterocycles. The summed E-state index contributed by atoms with van der Waals surface area (Å²) in [5.74, 6) is 0.390. The molecule has 0 heterocycles. The monoisotopic (exact) mass is 214 g/mol. The van der Waals surface area contributed by atoms with Crippen LogP contribution < -0.4 is 10.6 Å². The van der Waals surface area contributed by atoms with Crippen molar-refractivity contribution in [2.75, 3.05) is 13.1 Å². The molecule has 0 bridgehead atoms. The molecule has 3 N–H and O–H groups in total. The van der Waals surface area contributed by atoms with Crippen molar-refractivity contribution in [3.05, 3.63) is 0 Å². The molecule has 1 fully saturated rings.